The van der Waals surface area contributed by atoms with Crippen molar-refractivity contribution >= 4 is 19.0 Å². The van der Waals surface area contributed by atoms with E-state index in [1.165, 1.54) is 0 Å². The Morgan fingerprint density at radius 1 is 1.31 bits per heavy atom. The van der Waals surface area contributed by atoms with Gasteiger partial charge < -0.3 is 19.7 Å². The zero-order valence-electron chi connectivity index (χ0n) is 16.9. The Morgan fingerprint density at radius 2 is 2.03 bits per heavy atom. The van der Waals surface area contributed by atoms with Crippen LogP contribution in [-0.2, 0) is 16.0 Å². The normalized spacial score (nSPS) is 16.0. The minimum atomic E-state index is -3.14. The predicted molar refractivity (Wildman–Crippen MR) is 105 cm³/mol. The van der Waals surface area contributed by atoms with Crippen LogP contribution in [0.4, 0.5) is 8.78 Å². The van der Waals surface area contributed by atoms with Crippen LogP contribution in [0.25, 0.3) is 0 Å². The number of carbonyl (C=O) groups excluding carboxylic acids is 2. The average Bonchev–Trinajstić information content (AvgIpc) is 2.63. The molecule has 1 aromatic rings. The molecule has 1 atom stereocenters. The maximum absolute atomic E-state index is 13.0. The van der Waals surface area contributed by atoms with Gasteiger partial charge in [0.05, 0.1) is 19.0 Å². The molecule has 2 N–H and O–H groups in total. The number of para-hydroxylation sites is 1. The molecule has 0 aromatic heterocycles. The summed E-state index contributed by atoms with van der Waals surface area (Å²) in [5, 5.41) is 12.6. The highest BCUT2D eigenvalue weighted by atomic mass is 19.3. The zero-order chi connectivity index (χ0) is 21.4. The number of hydrogen-bond donors (Lipinski definition) is 2. The van der Waals surface area contributed by atoms with Gasteiger partial charge in [-0.2, -0.15) is 0 Å². The van der Waals surface area contributed by atoms with Crippen LogP contribution in [0, 0.1) is 0 Å². The van der Waals surface area contributed by atoms with E-state index in [0.717, 1.165) is 32.1 Å². The summed E-state index contributed by atoms with van der Waals surface area (Å²) in [7, 11) is -1.46. The Labute approximate surface area is 170 Å². The van der Waals surface area contributed by atoms with Crippen LogP contribution in [0.15, 0.2) is 18.2 Å². The molecule has 6 nitrogen and oxygen atoms in total. The fourth-order valence-electron chi connectivity index (χ4n) is 3.20. The minimum absolute atomic E-state index is 0.148. The molecule has 29 heavy (non-hydrogen) atoms. The molecule has 0 unspecified atom stereocenters. The number of nitrogens with one attached hydrogen (secondary N) is 1. The van der Waals surface area contributed by atoms with Crippen molar-refractivity contribution in [3.8, 4) is 5.75 Å². The van der Waals surface area contributed by atoms with Crippen LogP contribution in [0.3, 0.4) is 0 Å². The fraction of sp³-hybridized carbons (Fsp3) is 0.600. The number of fused-ring (bicyclic) bond motifs is 1. The SMILES string of the molecule is CCCCCCCOC(=O)c1cccc2c1OB(O)[C@@H](NC(=O)CC(C)(F)F)C2. The monoisotopic (exact) mass is 411 g/mol. The van der Waals surface area contributed by atoms with E-state index < -0.39 is 37.3 Å². The van der Waals surface area contributed by atoms with Crippen molar-refractivity contribution in [3.63, 3.8) is 0 Å². The van der Waals surface area contributed by atoms with Crippen molar-refractivity contribution in [2.45, 2.75) is 70.7 Å². The van der Waals surface area contributed by atoms with Crippen LogP contribution < -0.4 is 9.97 Å². The third-order valence-corrected chi connectivity index (χ3v) is 4.64. The van der Waals surface area contributed by atoms with E-state index in [1.807, 2.05) is 0 Å². The first-order valence-electron chi connectivity index (χ1n) is 10.0. The lowest BCUT2D eigenvalue weighted by atomic mass is 9.72. The first-order valence-corrected chi connectivity index (χ1v) is 10.0. The van der Waals surface area contributed by atoms with E-state index in [2.05, 4.69) is 12.2 Å². The van der Waals surface area contributed by atoms with E-state index in [0.29, 0.717) is 19.1 Å². The Balaban J connectivity index is 1.97. The first-order chi connectivity index (χ1) is 13.7. The summed E-state index contributed by atoms with van der Waals surface area (Å²) < 4.78 is 36.7. The molecule has 0 aliphatic carbocycles. The second-order valence-electron chi connectivity index (χ2n) is 7.48. The molecule has 0 fully saturated rings. The molecule has 0 saturated heterocycles. The summed E-state index contributed by atoms with van der Waals surface area (Å²) in [5.41, 5.74) is 0.779. The highest BCUT2D eigenvalue weighted by Gasteiger charge is 2.39. The molecule has 1 aliphatic heterocycles. The van der Waals surface area contributed by atoms with Crippen LogP contribution in [0.1, 0.15) is 68.3 Å². The Hall–Kier alpha value is -2.16. The van der Waals surface area contributed by atoms with Crippen molar-refractivity contribution in [3.05, 3.63) is 29.3 Å². The Morgan fingerprint density at radius 3 is 2.72 bits per heavy atom. The van der Waals surface area contributed by atoms with E-state index in [-0.39, 0.29) is 17.7 Å². The van der Waals surface area contributed by atoms with Crippen LogP contribution in [-0.4, -0.2) is 42.5 Å². The maximum Gasteiger partial charge on any atom is 0.547 e. The maximum atomic E-state index is 13.0. The number of carbonyl (C=O) groups is 2. The molecule has 2 rings (SSSR count). The van der Waals surface area contributed by atoms with Gasteiger partial charge in [-0.3, -0.25) is 4.79 Å². The predicted octanol–water partition coefficient (Wildman–Crippen LogP) is 3.30. The van der Waals surface area contributed by atoms with Gasteiger partial charge in [0.2, 0.25) is 5.91 Å². The quantitative estimate of drug-likeness (QED) is 0.351. The Kier molecular flexibility index (Phi) is 8.43. The van der Waals surface area contributed by atoms with Crippen molar-refractivity contribution in [1.82, 2.24) is 5.32 Å². The first kappa shape index (κ1) is 23.1. The molecule has 1 aliphatic rings. The second-order valence-corrected chi connectivity index (χ2v) is 7.48. The van der Waals surface area contributed by atoms with Gasteiger partial charge in [0.1, 0.15) is 11.3 Å². The molecule has 1 aromatic carbocycles. The van der Waals surface area contributed by atoms with Gasteiger partial charge in [-0.05, 0) is 31.4 Å². The summed E-state index contributed by atoms with van der Waals surface area (Å²) in [5.74, 6) is -5.26. The highest BCUT2D eigenvalue weighted by molar-refractivity contribution is 6.47. The highest BCUT2D eigenvalue weighted by Crippen LogP contribution is 2.31. The largest absolute Gasteiger partial charge is 0.547 e. The molecule has 9 heteroatoms. The Bertz CT molecular complexity index is 711. The van der Waals surface area contributed by atoms with Gasteiger partial charge in [0.25, 0.3) is 5.92 Å². The number of unbranched alkanes of at least 4 members (excludes halogenated alkanes) is 4. The number of amides is 1. The molecule has 0 bridgehead atoms. The summed E-state index contributed by atoms with van der Waals surface area (Å²) in [6, 6.07) is 4.88. The van der Waals surface area contributed by atoms with Crippen molar-refractivity contribution in [2.75, 3.05) is 6.61 Å². The van der Waals surface area contributed by atoms with Gasteiger partial charge in [0.15, 0.2) is 0 Å². The molecule has 160 valence electrons. The molecular weight excluding hydrogens is 383 g/mol. The van der Waals surface area contributed by atoms with Crippen molar-refractivity contribution < 1.29 is 32.8 Å². The molecule has 1 amide bonds. The van der Waals surface area contributed by atoms with Crippen molar-refractivity contribution in [2.24, 2.45) is 0 Å². The second kappa shape index (κ2) is 10.6. The lowest BCUT2D eigenvalue weighted by Gasteiger charge is -2.29. The number of hydrogen-bond acceptors (Lipinski definition) is 5. The number of halogens is 2. The van der Waals surface area contributed by atoms with Gasteiger partial charge in [-0.15, -0.1) is 0 Å². The fourth-order valence-corrected chi connectivity index (χ4v) is 3.20. The number of benzene rings is 1. The topological polar surface area (TPSA) is 84.9 Å². The average molecular weight is 411 g/mol. The van der Waals surface area contributed by atoms with Crippen LogP contribution in [0.5, 0.6) is 5.75 Å². The number of ether oxygens (including phenoxy) is 1. The molecule has 0 saturated carbocycles. The third-order valence-electron chi connectivity index (χ3n) is 4.64. The lowest BCUT2D eigenvalue weighted by molar-refractivity contribution is -0.127. The van der Waals surface area contributed by atoms with Gasteiger partial charge in [-0.1, -0.05) is 44.7 Å². The van der Waals surface area contributed by atoms with Crippen LogP contribution in [0.2, 0.25) is 0 Å². The molecule has 1 heterocycles. The van der Waals surface area contributed by atoms with E-state index in [9.17, 15) is 23.4 Å². The van der Waals surface area contributed by atoms with Gasteiger partial charge in [-0.25, -0.2) is 13.6 Å². The molecule has 0 spiro atoms. The lowest BCUT2D eigenvalue weighted by Crippen LogP contribution is -2.53. The van der Waals surface area contributed by atoms with E-state index >= 15 is 0 Å². The van der Waals surface area contributed by atoms with Gasteiger partial charge >= 0.3 is 13.1 Å². The van der Waals surface area contributed by atoms with E-state index in [1.54, 1.807) is 18.2 Å². The van der Waals surface area contributed by atoms with E-state index in [4.69, 9.17) is 9.39 Å². The standard InChI is InChI=1S/C20H28BF2NO5/c1-3-4-5-6-7-11-28-19(26)15-10-8-9-14-12-16(21(27)29-18(14)15)24-17(25)13-20(2,22)23/h8-10,16,27H,3-7,11-13H2,1-2H3,(H,24,25)/t16-/m0/s1. The van der Waals surface area contributed by atoms with Gasteiger partial charge in [0, 0.05) is 0 Å². The van der Waals surface area contributed by atoms with Crippen LogP contribution >= 0.6 is 0 Å². The number of esters is 1. The summed E-state index contributed by atoms with van der Waals surface area (Å²) >= 11 is 0. The zero-order valence-corrected chi connectivity index (χ0v) is 16.9. The smallest absolute Gasteiger partial charge is 0.534 e. The summed E-state index contributed by atoms with van der Waals surface area (Å²) in [6.07, 6.45) is 4.32. The summed E-state index contributed by atoms with van der Waals surface area (Å²) in [4.78, 5) is 24.1. The van der Waals surface area contributed by atoms with Crippen molar-refractivity contribution in [1.29, 1.82) is 0 Å². The third kappa shape index (κ3) is 7.31. The number of rotatable bonds is 10. The number of alkyl halides is 2. The minimum Gasteiger partial charge on any atom is -0.534 e. The summed E-state index contributed by atoms with van der Waals surface area (Å²) in [6.45, 7) is 3.08. The molecule has 0 radical (unpaired) electrons. The molecular formula is C20H28BF2NO5.